The minimum absolute atomic E-state index is 0.255. The Bertz CT molecular complexity index is 303. The highest BCUT2D eigenvalue weighted by atomic mass is 32.1. The molecule has 0 radical (unpaired) electrons. The largest absolute Gasteiger partial charge is 0.438 e. The zero-order chi connectivity index (χ0) is 11.4. The highest BCUT2D eigenvalue weighted by Crippen LogP contribution is 2.74. The minimum atomic E-state index is -5.14. The summed E-state index contributed by atoms with van der Waals surface area (Å²) in [4.78, 5) is 25.5. The minimum Gasteiger partial charge on any atom is -0.392 e. The van der Waals surface area contributed by atoms with Crippen LogP contribution in [0.3, 0.4) is 0 Å². The first-order valence-corrected chi connectivity index (χ1v) is 7.40. The Morgan fingerprint density at radius 1 is 1.36 bits per heavy atom. The van der Waals surface area contributed by atoms with Crippen LogP contribution < -0.4 is 0 Å². The third-order valence-corrected chi connectivity index (χ3v) is 4.72. The summed E-state index contributed by atoms with van der Waals surface area (Å²) in [6.45, 7) is 0.837. The Balaban J connectivity index is 4.29. The molecule has 7 nitrogen and oxygen atoms in total. The summed E-state index contributed by atoms with van der Waals surface area (Å²) in [6.07, 6.45) is 1.25. The monoisotopic (exact) mass is 246 g/mol. The smallest absolute Gasteiger partial charge is 0.392 e. The van der Waals surface area contributed by atoms with E-state index in [-0.39, 0.29) is 6.61 Å². The molecule has 9 heteroatoms. The van der Waals surface area contributed by atoms with Crippen LogP contribution >= 0.6 is 14.6 Å². The molecule has 0 aromatic heterocycles. The Kier molecular flexibility index (Phi) is 5.19. The van der Waals surface area contributed by atoms with Gasteiger partial charge in [-0.05, 0) is 12.5 Å². The summed E-state index contributed by atoms with van der Waals surface area (Å²) in [5.74, 6) is 0. The van der Waals surface area contributed by atoms with Gasteiger partial charge in [0, 0.05) is 0 Å². The van der Waals surface area contributed by atoms with E-state index in [9.17, 15) is 9.13 Å². The van der Waals surface area contributed by atoms with E-state index in [4.69, 9.17) is 19.8 Å². The van der Waals surface area contributed by atoms with Crippen LogP contribution in [0, 0.1) is 0 Å². The predicted octanol–water partition coefficient (Wildman–Crippen LogP) is 0.220. The summed E-state index contributed by atoms with van der Waals surface area (Å²) in [6, 6.07) is 0. The first kappa shape index (κ1) is 14.0. The van der Waals surface area contributed by atoms with Crippen molar-refractivity contribution in [1.82, 2.24) is 0 Å². The first-order valence-electron chi connectivity index (χ1n) is 3.50. The molecule has 0 fully saturated rings. The summed E-state index contributed by atoms with van der Waals surface area (Å²) < 4.78 is 25.3. The van der Waals surface area contributed by atoms with Gasteiger partial charge in [0.2, 0.25) is 0 Å². The molecule has 0 spiro atoms. The van der Waals surface area contributed by atoms with Crippen LogP contribution in [0.1, 0.15) is 6.92 Å². The van der Waals surface area contributed by atoms with E-state index in [1.165, 1.54) is 13.0 Å². The number of hydrogen-bond acceptors (Lipinski definition) is 4. The van der Waals surface area contributed by atoms with Gasteiger partial charge in [0.05, 0.1) is 13.2 Å². The standard InChI is InChI=1S/C5H12O7P2/c1-5(4-6)2-3-12-14(10,11)13(7,8)9/h2,6H,3-4H2,1H3,(H,10,11)(H2,7,8,9). The number of hydrogen-bond donors (Lipinski definition) is 4. The molecule has 0 rings (SSSR count). The van der Waals surface area contributed by atoms with Crippen LogP contribution in [0.25, 0.3) is 0 Å². The Labute approximate surface area is 80.6 Å². The molecule has 84 valence electrons. The topological polar surface area (TPSA) is 124 Å². The van der Waals surface area contributed by atoms with Gasteiger partial charge in [0.1, 0.15) is 0 Å². The Morgan fingerprint density at radius 3 is 2.21 bits per heavy atom. The van der Waals surface area contributed by atoms with E-state index in [0.29, 0.717) is 5.57 Å². The van der Waals surface area contributed by atoms with Crippen molar-refractivity contribution in [3.63, 3.8) is 0 Å². The molecule has 0 saturated carbocycles. The summed E-state index contributed by atoms with van der Waals surface area (Å²) in [5.41, 5.74) is 0.468. The molecule has 1 unspecified atom stereocenters. The molecule has 0 aromatic carbocycles. The van der Waals surface area contributed by atoms with Crippen molar-refractivity contribution in [2.45, 2.75) is 6.92 Å². The van der Waals surface area contributed by atoms with Crippen LogP contribution in [0.4, 0.5) is 0 Å². The maximum Gasteiger partial charge on any atom is 0.438 e. The predicted molar refractivity (Wildman–Crippen MR) is 48.7 cm³/mol. The zero-order valence-electron chi connectivity index (χ0n) is 7.40. The van der Waals surface area contributed by atoms with Crippen LogP contribution in [0.2, 0.25) is 0 Å². The average Bonchev–Trinajstić information content (AvgIpc) is 2.01. The van der Waals surface area contributed by atoms with Crippen LogP contribution in [0.5, 0.6) is 0 Å². The van der Waals surface area contributed by atoms with E-state index in [1.807, 2.05) is 0 Å². The highest BCUT2D eigenvalue weighted by Gasteiger charge is 2.41. The molecule has 0 aliphatic carbocycles. The third kappa shape index (κ3) is 4.48. The second-order valence-electron chi connectivity index (χ2n) is 2.51. The molecule has 0 saturated heterocycles. The van der Waals surface area contributed by atoms with Crippen LogP contribution in [-0.4, -0.2) is 33.0 Å². The molecule has 0 bridgehead atoms. The number of aliphatic hydroxyl groups is 1. The van der Waals surface area contributed by atoms with Gasteiger partial charge in [-0.3, -0.25) is 4.52 Å². The van der Waals surface area contributed by atoms with Gasteiger partial charge in [0.15, 0.2) is 0 Å². The van der Waals surface area contributed by atoms with E-state index in [0.717, 1.165) is 0 Å². The van der Waals surface area contributed by atoms with Gasteiger partial charge in [-0.2, -0.15) is 0 Å². The lowest BCUT2D eigenvalue weighted by Crippen LogP contribution is -1.93. The van der Waals surface area contributed by atoms with Crippen molar-refractivity contribution >= 4 is 14.6 Å². The van der Waals surface area contributed by atoms with Crippen molar-refractivity contribution in [3.8, 4) is 0 Å². The van der Waals surface area contributed by atoms with E-state index < -0.39 is 21.2 Å². The highest BCUT2D eigenvalue weighted by molar-refractivity contribution is 8.26. The lowest BCUT2D eigenvalue weighted by Gasteiger charge is -2.11. The van der Waals surface area contributed by atoms with Crippen molar-refractivity contribution < 1.29 is 33.4 Å². The summed E-state index contributed by atoms with van der Waals surface area (Å²) in [5, 5.41) is 8.52. The van der Waals surface area contributed by atoms with Gasteiger partial charge in [0.25, 0.3) is 0 Å². The van der Waals surface area contributed by atoms with Crippen LogP contribution in [-0.2, 0) is 13.7 Å². The molecule has 4 N–H and O–H groups in total. The normalized spacial score (nSPS) is 17.9. The molecular formula is C5H12O7P2. The molecule has 0 aliphatic heterocycles. The first-order chi connectivity index (χ1) is 6.20. The van der Waals surface area contributed by atoms with Crippen molar-refractivity contribution in [2.75, 3.05) is 13.2 Å². The third-order valence-electron chi connectivity index (χ3n) is 1.25. The van der Waals surface area contributed by atoms with Gasteiger partial charge < -0.3 is 19.8 Å². The maximum atomic E-state index is 10.8. The molecule has 14 heavy (non-hydrogen) atoms. The average molecular weight is 246 g/mol. The lowest BCUT2D eigenvalue weighted by atomic mass is 10.3. The van der Waals surface area contributed by atoms with Crippen molar-refractivity contribution in [2.24, 2.45) is 0 Å². The molecule has 0 heterocycles. The van der Waals surface area contributed by atoms with Crippen molar-refractivity contribution in [1.29, 1.82) is 0 Å². The van der Waals surface area contributed by atoms with Crippen LogP contribution in [0.15, 0.2) is 11.6 Å². The van der Waals surface area contributed by atoms with Gasteiger partial charge >= 0.3 is 14.6 Å². The summed E-state index contributed by atoms with van der Waals surface area (Å²) >= 11 is 0. The van der Waals surface area contributed by atoms with Gasteiger partial charge in [-0.1, -0.05) is 6.08 Å². The SMILES string of the molecule is CC(=CCOP(=O)(O)P(=O)(O)O)CO. The molecule has 0 aromatic rings. The quantitative estimate of drug-likeness (QED) is 0.404. The van der Waals surface area contributed by atoms with E-state index in [2.05, 4.69) is 4.52 Å². The molecule has 0 amide bonds. The fourth-order valence-corrected chi connectivity index (χ4v) is 1.49. The van der Waals surface area contributed by atoms with Gasteiger partial charge in [-0.25, -0.2) is 9.13 Å². The zero-order valence-corrected chi connectivity index (χ0v) is 9.19. The second-order valence-corrected chi connectivity index (χ2v) is 7.85. The maximum absolute atomic E-state index is 10.8. The fourth-order valence-electron chi connectivity index (χ4n) is 0.416. The Morgan fingerprint density at radius 2 is 1.86 bits per heavy atom. The lowest BCUT2D eigenvalue weighted by molar-refractivity contribution is 0.280. The fraction of sp³-hybridized carbons (Fsp3) is 0.600. The number of rotatable bonds is 5. The van der Waals surface area contributed by atoms with E-state index in [1.54, 1.807) is 0 Å². The molecule has 1 atom stereocenters. The van der Waals surface area contributed by atoms with Gasteiger partial charge in [-0.15, -0.1) is 0 Å². The summed E-state index contributed by atoms with van der Waals surface area (Å²) in [7, 11) is -10.0. The molecular weight excluding hydrogens is 234 g/mol. The van der Waals surface area contributed by atoms with Crippen molar-refractivity contribution in [3.05, 3.63) is 11.6 Å². The second kappa shape index (κ2) is 5.19. The Hall–Kier alpha value is -0.0000000000000000694. The number of aliphatic hydroxyl groups excluding tert-OH is 1. The van der Waals surface area contributed by atoms with E-state index >= 15 is 0 Å². The molecule has 0 aliphatic rings.